The van der Waals surface area contributed by atoms with E-state index in [-0.39, 0.29) is 24.3 Å². The third-order valence-electron chi connectivity index (χ3n) is 5.66. The van der Waals surface area contributed by atoms with E-state index in [0.29, 0.717) is 18.7 Å². The van der Waals surface area contributed by atoms with E-state index in [0.717, 1.165) is 29.3 Å². The van der Waals surface area contributed by atoms with Crippen LogP contribution >= 0.6 is 0 Å². The van der Waals surface area contributed by atoms with Crippen molar-refractivity contribution in [1.82, 2.24) is 15.2 Å². The number of nitrogens with one attached hydrogen (secondary N) is 2. The van der Waals surface area contributed by atoms with Crippen molar-refractivity contribution in [2.24, 2.45) is 5.92 Å². The minimum absolute atomic E-state index is 0.109. The molecule has 1 atom stereocenters. The fourth-order valence-electron chi connectivity index (χ4n) is 3.86. The van der Waals surface area contributed by atoms with Gasteiger partial charge in [0.15, 0.2) is 0 Å². The summed E-state index contributed by atoms with van der Waals surface area (Å²) in [4.78, 5) is 31.1. The number of hydrogen-bond acceptors (Lipinski definition) is 3. The lowest BCUT2D eigenvalue weighted by Crippen LogP contribution is -2.46. The number of amides is 2. The number of aliphatic hydroxyl groups excluding tert-OH is 1. The van der Waals surface area contributed by atoms with E-state index in [9.17, 15) is 14.7 Å². The Morgan fingerprint density at radius 1 is 1.10 bits per heavy atom. The van der Waals surface area contributed by atoms with Gasteiger partial charge in [0.2, 0.25) is 5.91 Å². The molecule has 1 aliphatic rings. The number of hydrogen-bond donors (Lipinski definition) is 3. The normalized spacial score (nSPS) is 16.0. The van der Waals surface area contributed by atoms with Gasteiger partial charge < -0.3 is 20.3 Å². The van der Waals surface area contributed by atoms with E-state index in [1.54, 1.807) is 17.0 Å². The predicted molar refractivity (Wildman–Crippen MR) is 111 cm³/mol. The van der Waals surface area contributed by atoms with Crippen molar-refractivity contribution >= 4 is 22.7 Å². The zero-order valence-electron chi connectivity index (χ0n) is 16.2. The van der Waals surface area contributed by atoms with E-state index in [1.807, 2.05) is 48.7 Å². The summed E-state index contributed by atoms with van der Waals surface area (Å²) in [7, 11) is 0. The fraction of sp³-hybridized carbons (Fsp3) is 0.304. The van der Waals surface area contributed by atoms with Gasteiger partial charge in [-0.05, 0) is 47.9 Å². The summed E-state index contributed by atoms with van der Waals surface area (Å²) in [6.45, 7) is 1.34. The van der Waals surface area contributed by atoms with Gasteiger partial charge >= 0.3 is 0 Å². The van der Waals surface area contributed by atoms with Gasteiger partial charge in [0.05, 0.1) is 0 Å². The van der Waals surface area contributed by atoms with Crippen LogP contribution in [-0.4, -0.2) is 46.5 Å². The average molecular weight is 391 g/mol. The zero-order valence-corrected chi connectivity index (χ0v) is 16.2. The Kier molecular flexibility index (Phi) is 5.62. The van der Waals surface area contributed by atoms with E-state index in [4.69, 9.17) is 0 Å². The molecule has 0 aliphatic carbocycles. The van der Waals surface area contributed by atoms with Gasteiger partial charge in [-0.2, -0.15) is 0 Å². The standard InChI is InChI=1S/C23H25N3O3/c27-15-16-9-12-26(13-10-16)23(29)21(18-4-2-1-3-5-18)25-22(28)19-7-6-17-8-11-24-20(17)14-19/h1-8,11,14,16,21,24,27H,9-10,12-13,15H2,(H,25,28)/t21-/m1/s1. The van der Waals surface area contributed by atoms with Gasteiger partial charge in [-0.3, -0.25) is 9.59 Å². The lowest BCUT2D eigenvalue weighted by atomic mass is 9.96. The molecule has 3 aromatic rings. The molecule has 6 nitrogen and oxygen atoms in total. The molecular weight excluding hydrogens is 366 g/mol. The van der Waals surface area contributed by atoms with Crippen LogP contribution in [0, 0.1) is 5.92 Å². The van der Waals surface area contributed by atoms with Crippen LogP contribution in [0.5, 0.6) is 0 Å². The molecule has 6 heteroatoms. The van der Waals surface area contributed by atoms with Crippen LogP contribution in [-0.2, 0) is 4.79 Å². The summed E-state index contributed by atoms with van der Waals surface area (Å²) < 4.78 is 0. The molecule has 150 valence electrons. The maximum Gasteiger partial charge on any atom is 0.252 e. The maximum absolute atomic E-state index is 13.3. The van der Waals surface area contributed by atoms with Crippen molar-refractivity contribution in [2.45, 2.75) is 18.9 Å². The molecule has 2 aromatic carbocycles. The van der Waals surface area contributed by atoms with Crippen LogP contribution in [0.3, 0.4) is 0 Å². The molecule has 1 aromatic heterocycles. The van der Waals surface area contributed by atoms with Crippen molar-refractivity contribution in [3.63, 3.8) is 0 Å². The zero-order chi connectivity index (χ0) is 20.2. The molecule has 1 aliphatic heterocycles. The van der Waals surface area contributed by atoms with Gasteiger partial charge in [0.1, 0.15) is 6.04 Å². The van der Waals surface area contributed by atoms with Crippen LogP contribution < -0.4 is 5.32 Å². The number of benzene rings is 2. The van der Waals surface area contributed by atoms with Crippen LogP contribution in [0.1, 0.15) is 34.8 Å². The predicted octanol–water partition coefficient (Wildman–Crippen LogP) is 2.87. The average Bonchev–Trinajstić information content (AvgIpc) is 3.25. The third kappa shape index (κ3) is 4.17. The summed E-state index contributed by atoms with van der Waals surface area (Å²) in [6.07, 6.45) is 3.39. The number of piperidine rings is 1. The minimum Gasteiger partial charge on any atom is -0.396 e. The van der Waals surface area contributed by atoms with Gasteiger partial charge in [-0.15, -0.1) is 0 Å². The lowest BCUT2D eigenvalue weighted by Gasteiger charge is -2.34. The van der Waals surface area contributed by atoms with Crippen LogP contribution in [0.15, 0.2) is 60.8 Å². The molecule has 4 rings (SSSR count). The van der Waals surface area contributed by atoms with E-state index in [2.05, 4.69) is 10.3 Å². The highest BCUT2D eigenvalue weighted by molar-refractivity contribution is 6.00. The van der Waals surface area contributed by atoms with Crippen molar-refractivity contribution in [1.29, 1.82) is 0 Å². The van der Waals surface area contributed by atoms with Crippen LogP contribution in [0.4, 0.5) is 0 Å². The molecule has 0 spiro atoms. The molecule has 0 unspecified atom stereocenters. The highest BCUT2D eigenvalue weighted by Crippen LogP contribution is 2.23. The first kappa shape index (κ1) is 19.2. The Morgan fingerprint density at radius 2 is 1.86 bits per heavy atom. The Hall–Kier alpha value is -3.12. The molecule has 2 amide bonds. The number of aromatic amines is 1. The summed E-state index contributed by atoms with van der Waals surface area (Å²) >= 11 is 0. The van der Waals surface area contributed by atoms with Gasteiger partial charge in [-0.1, -0.05) is 36.4 Å². The first-order valence-corrected chi connectivity index (χ1v) is 9.98. The van der Waals surface area contributed by atoms with Gasteiger partial charge in [0, 0.05) is 37.0 Å². The molecule has 0 saturated carbocycles. The molecule has 1 fully saturated rings. The number of rotatable bonds is 5. The Bertz CT molecular complexity index is 991. The number of aliphatic hydroxyl groups is 1. The van der Waals surface area contributed by atoms with Crippen molar-refractivity contribution in [3.05, 3.63) is 71.9 Å². The lowest BCUT2D eigenvalue weighted by molar-refractivity contribution is -0.135. The number of nitrogens with zero attached hydrogens (tertiary/aromatic N) is 1. The SMILES string of the molecule is O=C(N[C@@H](C(=O)N1CCC(CO)CC1)c1ccccc1)c1ccc2cc[nH]c2c1. The van der Waals surface area contributed by atoms with Crippen molar-refractivity contribution < 1.29 is 14.7 Å². The van der Waals surface area contributed by atoms with Gasteiger partial charge in [-0.25, -0.2) is 0 Å². The smallest absolute Gasteiger partial charge is 0.252 e. The number of aromatic nitrogens is 1. The van der Waals surface area contributed by atoms with Crippen molar-refractivity contribution in [2.75, 3.05) is 19.7 Å². The number of fused-ring (bicyclic) bond motifs is 1. The van der Waals surface area contributed by atoms with E-state index >= 15 is 0 Å². The molecule has 3 N–H and O–H groups in total. The molecule has 0 radical (unpaired) electrons. The second-order valence-corrected chi connectivity index (χ2v) is 7.55. The second-order valence-electron chi connectivity index (χ2n) is 7.55. The first-order chi connectivity index (χ1) is 14.2. The molecule has 2 heterocycles. The number of H-pyrrole nitrogens is 1. The molecule has 0 bridgehead atoms. The summed E-state index contributed by atoms with van der Waals surface area (Å²) in [5, 5.41) is 13.3. The quantitative estimate of drug-likeness (QED) is 0.625. The van der Waals surface area contributed by atoms with Crippen LogP contribution in [0.25, 0.3) is 10.9 Å². The monoisotopic (exact) mass is 391 g/mol. The largest absolute Gasteiger partial charge is 0.396 e. The Balaban J connectivity index is 1.55. The first-order valence-electron chi connectivity index (χ1n) is 9.98. The Morgan fingerprint density at radius 3 is 2.59 bits per heavy atom. The maximum atomic E-state index is 13.3. The van der Waals surface area contributed by atoms with E-state index < -0.39 is 6.04 Å². The molecular formula is C23H25N3O3. The molecule has 29 heavy (non-hydrogen) atoms. The van der Waals surface area contributed by atoms with E-state index in [1.165, 1.54) is 0 Å². The highest BCUT2D eigenvalue weighted by atomic mass is 16.3. The van der Waals surface area contributed by atoms with Crippen molar-refractivity contribution in [3.8, 4) is 0 Å². The second kappa shape index (κ2) is 8.49. The number of carbonyl (C=O) groups is 2. The highest BCUT2D eigenvalue weighted by Gasteiger charge is 2.30. The minimum atomic E-state index is -0.742. The number of carbonyl (C=O) groups excluding carboxylic acids is 2. The summed E-state index contributed by atoms with van der Waals surface area (Å²) in [6, 6.07) is 16.0. The summed E-state index contributed by atoms with van der Waals surface area (Å²) in [5.74, 6) is -0.146. The summed E-state index contributed by atoms with van der Waals surface area (Å²) in [5.41, 5.74) is 2.15. The Labute approximate surface area is 169 Å². The third-order valence-corrected chi connectivity index (χ3v) is 5.66. The topological polar surface area (TPSA) is 85.4 Å². The van der Waals surface area contributed by atoms with Crippen LogP contribution in [0.2, 0.25) is 0 Å². The molecule has 1 saturated heterocycles. The fourth-order valence-corrected chi connectivity index (χ4v) is 3.86. The van der Waals surface area contributed by atoms with Gasteiger partial charge in [0.25, 0.3) is 5.91 Å². The number of likely N-dealkylation sites (tertiary alicyclic amines) is 1.